The van der Waals surface area contributed by atoms with Crippen molar-refractivity contribution in [2.45, 2.75) is 5.85 Å². The second kappa shape index (κ2) is 4.37. The van der Waals surface area contributed by atoms with Crippen LogP contribution >= 0.6 is 7.60 Å². The van der Waals surface area contributed by atoms with E-state index in [1.807, 2.05) is 0 Å². The van der Waals surface area contributed by atoms with Gasteiger partial charge in [0.05, 0.1) is 0 Å². The number of hydrogen-bond acceptors (Lipinski definition) is 4. The molecule has 1 atom stereocenters. The first-order valence-corrected chi connectivity index (χ1v) is 4.58. The summed E-state index contributed by atoms with van der Waals surface area (Å²) in [7, 11) is -4.58. The fourth-order valence-corrected chi connectivity index (χ4v) is 0.581. The standard InChI is InChI=1S/C5H9O6P/c1-2-4(6)11-3-5(7)12(8,9)10/h2,5,7H,1,3H2,(H2,8,9,10). The van der Waals surface area contributed by atoms with Crippen LogP contribution in [-0.2, 0) is 14.1 Å². The quantitative estimate of drug-likeness (QED) is 0.309. The Labute approximate surface area is 68.6 Å². The number of carbonyl (C=O) groups is 1. The zero-order valence-electron chi connectivity index (χ0n) is 6.08. The van der Waals surface area contributed by atoms with Crippen molar-refractivity contribution in [3.63, 3.8) is 0 Å². The summed E-state index contributed by atoms with van der Waals surface area (Å²) in [6, 6.07) is 0. The molecule has 0 aliphatic carbocycles. The summed E-state index contributed by atoms with van der Waals surface area (Å²) in [4.78, 5) is 27.0. The van der Waals surface area contributed by atoms with Gasteiger partial charge in [0.2, 0.25) is 0 Å². The highest BCUT2D eigenvalue weighted by Crippen LogP contribution is 2.39. The number of hydrogen-bond donors (Lipinski definition) is 3. The van der Waals surface area contributed by atoms with Crippen molar-refractivity contribution in [2.24, 2.45) is 0 Å². The first-order chi connectivity index (χ1) is 5.38. The number of ether oxygens (including phenoxy) is 1. The van der Waals surface area contributed by atoms with Crippen molar-refractivity contribution in [3.8, 4) is 0 Å². The highest BCUT2D eigenvalue weighted by molar-refractivity contribution is 7.52. The van der Waals surface area contributed by atoms with Gasteiger partial charge in [0.25, 0.3) is 0 Å². The van der Waals surface area contributed by atoms with Crippen molar-refractivity contribution >= 4 is 13.6 Å². The van der Waals surface area contributed by atoms with Gasteiger partial charge in [-0.3, -0.25) is 4.57 Å². The lowest BCUT2D eigenvalue weighted by molar-refractivity contribution is -0.139. The van der Waals surface area contributed by atoms with Crippen LogP contribution < -0.4 is 0 Å². The Morgan fingerprint density at radius 1 is 1.67 bits per heavy atom. The third-order valence-corrected chi connectivity index (χ3v) is 1.86. The number of rotatable bonds is 4. The van der Waals surface area contributed by atoms with Gasteiger partial charge in [-0.05, 0) is 0 Å². The van der Waals surface area contributed by atoms with Crippen LogP contribution in [0.15, 0.2) is 12.7 Å². The molecule has 1 unspecified atom stereocenters. The second-order valence-electron chi connectivity index (χ2n) is 1.90. The zero-order chi connectivity index (χ0) is 9.78. The Balaban J connectivity index is 3.88. The molecule has 0 fully saturated rings. The molecule has 0 aromatic rings. The largest absolute Gasteiger partial charge is 0.459 e. The smallest absolute Gasteiger partial charge is 0.357 e. The van der Waals surface area contributed by atoms with E-state index in [9.17, 15) is 9.36 Å². The molecule has 0 saturated heterocycles. The zero-order valence-corrected chi connectivity index (χ0v) is 6.98. The molecule has 0 heterocycles. The molecule has 0 amide bonds. The topological polar surface area (TPSA) is 104 Å². The summed E-state index contributed by atoms with van der Waals surface area (Å²) in [6.07, 6.45) is 0.826. The predicted molar refractivity (Wildman–Crippen MR) is 39.2 cm³/mol. The molecule has 6 nitrogen and oxygen atoms in total. The molecule has 70 valence electrons. The lowest BCUT2D eigenvalue weighted by Gasteiger charge is -2.11. The Kier molecular flexibility index (Phi) is 4.12. The molecule has 0 aliphatic heterocycles. The Bertz CT molecular complexity index is 218. The van der Waals surface area contributed by atoms with Gasteiger partial charge in [-0.2, -0.15) is 0 Å². The molecule has 0 radical (unpaired) electrons. The Hall–Kier alpha value is -0.680. The normalized spacial score (nSPS) is 13.6. The first-order valence-electron chi connectivity index (χ1n) is 2.90. The van der Waals surface area contributed by atoms with Crippen LogP contribution in [-0.4, -0.2) is 33.3 Å². The van der Waals surface area contributed by atoms with E-state index < -0.39 is 26.0 Å². The molecule has 0 saturated carbocycles. The molecule has 3 N–H and O–H groups in total. The van der Waals surface area contributed by atoms with Crippen molar-refractivity contribution in [3.05, 3.63) is 12.7 Å². The molecule has 0 aromatic carbocycles. The summed E-state index contributed by atoms with van der Waals surface area (Å²) in [6.45, 7) is 2.31. The molecule has 12 heavy (non-hydrogen) atoms. The van der Waals surface area contributed by atoms with Gasteiger partial charge in [0, 0.05) is 6.08 Å². The van der Waals surface area contributed by atoms with Gasteiger partial charge in [0.1, 0.15) is 6.61 Å². The predicted octanol–water partition coefficient (Wildman–Crippen LogP) is -0.788. The van der Waals surface area contributed by atoms with Crippen LogP contribution in [0.2, 0.25) is 0 Å². The highest BCUT2D eigenvalue weighted by Gasteiger charge is 2.27. The van der Waals surface area contributed by atoms with Crippen LogP contribution in [0.1, 0.15) is 0 Å². The maximum absolute atomic E-state index is 10.3. The summed E-state index contributed by atoms with van der Waals surface area (Å²) in [5.41, 5.74) is 0. The van der Waals surface area contributed by atoms with Crippen LogP contribution in [0.5, 0.6) is 0 Å². The van der Waals surface area contributed by atoms with E-state index in [-0.39, 0.29) is 0 Å². The summed E-state index contributed by atoms with van der Waals surface area (Å²) >= 11 is 0. The van der Waals surface area contributed by atoms with E-state index in [2.05, 4.69) is 11.3 Å². The maximum atomic E-state index is 10.3. The van der Waals surface area contributed by atoms with Gasteiger partial charge in [-0.25, -0.2) is 4.79 Å². The lowest BCUT2D eigenvalue weighted by Crippen LogP contribution is -2.17. The second-order valence-corrected chi connectivity index (χ2v) is 3.68. The van der Waals surface area contributed by atoms with E-state index >= 15 is 0 Å². The average Bonchev–Trinajstić information content (AvgIpc) is 1.97. The molecule has 0 bridgehead atoms. The van der Waals surface area contributed by atoms with E-state index in [0.29, 0.717) is 0 Å². The van der Waals surface area contributed by atoms with Crippen molar-refractivity contribution < 1.29 is 29.0 Å². The minimum absolute atomic E-state index is 0.741. The fraction of sp³-hybridized carbons (Fsp3) is 0.400. The monoisotopic (exact) mass is 196 g/mol. The minimum Gasteiger partial charge on any atom is -0.459 e. The highest BCUT2D eigenvalue weighted by atomic mass is 31.2. The molecule has 7 heteroatoms. The van der Waals surface area contributed by atoms with Gasteiger partial charge in [0.15, 0.2) is 5.85 Å². The summed E-state index contributed by atoms with van der Waals surface area (Å²) in [5.74, 6) is -2.82. The molecule has 0 spiro atoms. The van der Waals surface area contributed by atoms with Crippen LogP contribution in [0, 0.1) is 0 Å². The van der Waals surface area contributed by atoms with Crippen LogP contribution in [0.3, 0.4) is 0 Å². The SMILES string of the molecule is C=CC(=O)OCC(O)P(=O)(O)O. The van der Waals surface area contributed by atoms with Crippen molar-refractivity contribution in [2.75, 3.05) is 6.61 Å². The Morgan fingerprint density at radius 3 is 2.50 bits per heavy atom. The van der Waals surface area contributed by atoms with E-state index in [0.717, 1.165) is 6.08 Å². The Morgan fingerprint density at radius 2 is 2.17 bits per heavy atom. The fourth-order valence-electron chi connectivity index (χ4n) is 0.313. The van der Waals surface area contributed by atoms with Gasteiger partial charge in [-0.1, -0.05) is 6.58 Å². The van der Waals surface area contributed by atoms with Gasteiger partial charge < -0.3 is 19.6 Å². The first kappa shape index (κ1) is 11.3. The molecule has 0 aromatic heterocycles. The van der Waals surface area contributed by atoms with Crippen LogP contribution in [0.25, 0.3) is 0 Å². The average molecular weight is 196 g/mol. The summed E-state index contributed by atoms with van der Waals surface area (Å²) < 4.78 is 14.4. The summed E-state index contributed by atoms with van der Waals surface area (Å²) in [5, 5.41) is 8.66. The number of carbonyl (C=O) groups excluding carboxylic acids is 1. The van der Waals surface area contributed by atoms with E-state index in [1.165, 1.54) is 0 Å². The lowest BCUT2D eigenvalue weighted by atomic mass is 10.6. The van der Waals surface area contributed by atoms with Gasteiger partial charge in [-0.15, -0.1) is 0 Å². The minimum atomic E-state index is -4.58. The number of esters is 1. The van der Waals surface area contributed by atoms with Crippen molar-refractivity contribution in [1.82, 2.24) is 0 Å². The molecule has 0 aliphatic rings. The third kappa shape index (κ3) is 4.25. The molecular weight excluding hydrogens is 187 g/mol. The molecular formula is C5H9O6P. The van der Waals surface area contributed by atoms with Gasteiger partial charge >= 0.3 is 13.6 Å². The number of aliphatic hydroxyl groups excluding tert-OH is 1. The van der Waals surface area contributed by atoms with E-state index in [1.54, 1.807) is 0 Å². The molecule has 0 rings (SSSR count). The maximum Gasteiger partial charge on any atom is 0.357 e. The van der Waals surface area contributed by atoms with E-state index in [4.69, 9.17) is 14.9 Å². The van der Waals surface area contributed by atoms with Crippen molar-refractivity contribution in [1.29, 1.82) is 0 Å². The number of aliphatic hydroxyl groups is 1. The van der Waals surface area contributed by atoms with Crippen LogP contribution in [0.4, 0.5) is 0 Å². The third-order valence-electron chi connectivity index (χ3n) is 0.930.